The van der Waals surface area contributed by atoms with Crippen LogP contribution in [0.1, 0.15) is 10.4 Å². The van der Waals surface area contributed by atoms with Crippen molar-refractivity contribution < 1.29 is 9.90 Å². The fourth-order valence-corrected chi connectivity index (χ4v) is 1.87. The number of nitrogens with zero attached hydrogens (tertiary/aromatic N) is 2. The third kappa shape index (κ3) is 1.37. The second-order valence-corrected chi connectivity index (χ2v) is 4.04. The van der Waals surface area contributed by atoms with Gasteiger partial charge in [0, 0.05) is 24.0 Å². The Balaban J connectivity index is 1.90. The molecule has 16 heavy (non-hydrogen) atoms. The normalized spacial score (nSPS) is 16.4. The van der Waals surface area contributed by atoms with Crippen LogP contribution in [0, 0.1) is 0 Å². The van der Waals surface area contributed by atoms with Crippen molar-refractivity contribution in [1.82, 2.24) is 15.1 Å². The molecule has 1 aliphatic heterocycles. The van der Waals surface area contributed by atoms with Crippen LogP contribution in [0.2, 0.25) is 0 Å². The number of hydrogen-bond acceptors (Lipinski definition) is 3. The smallest absolute Gasteiger partial charge is 0.254 e. The molecule has 2 heterocycles. The number of fused-ring (bicyclic) bond motifs is 1. The maximum atomic E-state index is 11.9. The first-order valence-electron chi connectivity index (χ1n) is 5.14. The van der Waals surface area contributed by atoms with Gasteiger partial charge in [-0.1, -0.05) is 6.07 Å². The molecule has 5 heteroatoms. The number of hydrogen-bond donors (Lipinski definition) is 2. The van der Waals surface area contributed by atoms with Crippen LogP contribution in [-0.2, 0) is 0 Å². The van der Waals surface area contributed by atoms with Gasteiger partial charge in [-0.2, -0.15) is 5.10 Å². The first-order valence-corrected chi connectivity index (χ1v) is 5.14. The Morgan fingerprint density at radius 2 is 2.31 bits per heavy atom. The highest BCUT2D eigenvalue weighted by molar-refractivity contribution is 5.98. The molecule has 2 aromatic rings. The number of likely N-dealkylation sites (tertiary alicyclic amines) is 1. The number of carbonyl (C=O) groups is 1. The van der Waals surface area contributed by atoms with Gasteiger partial charge in [0.05, 0.1) is 17.8 Å². The van der Waals surface area contributed by atoms with E-state index >= 15 is 0 Å². The van der Waals surface area contributed by atoms with Gasteiger partial charge in [-0.05, 0) is 12.1 Å². The van der Waals surface area contributed by atoms with E-state index in [1.807, 2.05) is 6.07 Å². The highest BCUT2D eigenvalue weighted by Crippen LogP contribution is 2.17. The number of amides is 1. The van der Waals surface area contributed by atoms with Crippen molar-refractivity contribution in [2.45, 2.75) is 6.10 Å². The van der Waals surface area contributed by atoms with Crippen LogP contribution in [0.5, 0.6) is 0 Å². The summed E-state index contributed by atoms with van der Waals surface area (Å²) in [4.78, 5) is 13.5. The van der Waals surface area contributed by atoms with E-state index in [1.54, 1.807) is 23.2 Å². The molecule has 1 aromatic carbocycles. The average molecular weight is 217 g/mol. The summed E-state index contributed by atoms with van der Waals surface area (Å²) in [6.07, 6.45) is 1.36. The van der Waals surface area contributed by atoms with Gasteiger partial charge in [-0.25, -0.2) is 0 Å². The van der Waals surface area contributed by atoms with Crippen LogP contribution >= 0.6 is 0 Å². The molecule has 1 aliphatic rings. The summed E-state index contributed by atoms with van der Waals surface area (Å²) in [6.45, 7) is 0.861. The molecule has 2 N–H and O–H groups in total. The van der Waals surface area contributed by atoms with Gasteiger partial charge in [-0.3, -0.25) is 9.89 Å². The molecule has 1 aromatic heterocycles. The minimum absolute atomic E-state index is 0.0400. The number of nitrogens with one attached hydrogen (secondary N) is 1. The van der Waals surface area contributed by atoms with Gasteiger partial charge in [0.1, 0.15) is 0 Å². The largest absolute Gasteiger partial charge is 0.389 e. The lowest BCUT2D eigenvalue weighted by Crippen LogP contribution is -2.53. The first-order chi connectivity index (χ1) is 7.74. The number of rotatable bonds is 1. The van der Waals surface area contributed by atoms with Crippen molar-refractivity contribution >= 4 is 16.8 Å². The maximum Gasteiger partial charge on any atom is 0.254 e. The van der Waals surface area contributed by atoms with E-state index in [1.165, 1.54) is 0 Å². The molecule has 0 atom stereocenters. The van der Waals surface area contributed by atoms with E-state index in [9.17, 15) is 4.79 Å². The van der Waals surface area contributed by atoms with Crippen LogP contribution in [0.3, 0.4) is 0 Å². The zero-order chi connectivity index (χ0) is 11.1. The number of β-amino-alcohol motifs (C(OH)–C–C–N with tert-alkyl or cyclic N) is 1. The summed E-state index contributed by atoms with van der Waals surface area (Å²) in [5.74, 6) is -0.0400. The lowest BCUT2D eigenvalue weighted by atomic mass is 10.1. The molecular formula is C11H11N3O2. The summed E-state index contributed by atoms with van der Waals surface area (Å²) in [7, 11) is 0. The zero-order valence-electron chi connectivity index (χ0n) is 8.55. The predicted molar refractivity (Wildman–Crippen MR) is 58.0 cm³/mol. The minimum Gasteiger partial charge on any atom is -0.389 e. The van der Waals surface area contributed by atoms with Crippen molar-refractivity contribution in [3.63, 3.8) is 0 Å². The fourth-order valence-electron chi connectivity index (χ4n) is 1.87. The molecule has 3 rings (SSSR count). The van der Waals surface area contributed by atoms with E-state index < -0.39 is 0 Å². The number of aliphatic hydroxyl groups excluding tert-OH is 1. The Labute approximate surface area is 91.7 Å². The molecule has 0 bridgehead atoms. The second kappa shape index (κ2) is 3.31. The summed E-state index contributed by atoms with van der Waals surface area (Å²) in [5, 5.41) is 16.9. The fraction of sp³-hybridized carbons (Fsp3) is 0.273. The lowest BCUT2D eigenvalue weighted by molar-refractivity contribution is 0.00590. The standard InChI is InChI=1S/C11H11N3O2/c15-9-5-14(6-9)11(16)7-1-2-8-4-12-13-10(8)3-7/h1-4,9,15H,5-6H2,(H,12,13). The number of benzene rings is 1. The van der Waals surface area contributed by atoms with Crippen LogP contribution in [0.15, 0.2) is 24.4 Å². The molecule has 5 nitrogen and oxygen atoms in total. The summed E-state index contributed by atoms with van der Waals surface area (Å²) in [5.41, 5.74) is 1.48. The molecule has 0 radical (unpaired) electrons. The number of aromatic amines is 1. The molecule has 0 saturated carbocycles. The molecule has 82 valence electrons. The van der Waals surface area contributed by atoms with Crippen LogP contribution in [0.25, 0.3) is 10.9 Å². The van der Waals surface area contributed by atoms with Crippen molar-refractivity contribution in [2.75, 3.05) is 13.1 Å². The molecular weight excluding hydrogens is 206 g/mol. The van der Waals surface area contributed by atoms with Gasteiger partial charge in [0.25, 0.3) is 5.91 Å². The van der Waals surface area contributed by atoms with Gasteiger partial charge in [0.2, 0.25) is 0 Å². The van der Waals surface area contributed by atoms with E-state index in [-0.39, 0.29) is 12.0 Å². The highest BCUT2D eigenvalue weighted by atomic mass is 16.3. The van der Waals surface area contributed by atoms with Gasteiger partial charge >= 0.3 is 0 Å². The van der Waals surface area contributed by atoms with Crippen molar-refractivity contribution in [3.05, 3.63) is 30.0 Å². The minimum atomic E-state index is -0.361. The van der Waals surface area contributed by atoms with E-state index in [2.05, 4.69) is 10.2 Å². The Hall–Kier alpha value is -1.88. The second-order valence-electron chi connectivity index (χ2n) is 4.04. The number of carbonyl (C=O) groups excluding carboxylic acids is 1. The van der Waals surface area contributed by atoms with Gasteiger partial charge < -0.3 is 10.0 Å². The Morgan fingerprint density at radius 3 is 3.06 bits per heavy atom. The molecule has 1 amide bonds. The number of H-pyrrole nitrogens is 1. The number of aromatic nitrogens is 2. The first kappa shape index (κ1) is 9.35. The predicted octanol–water partition coefficient (Wildman–Crippen LogP) is 0.380. The highest BCUT2D eigenvalue weighted by Gasteiger charge is 2.29. The maximum absolute atomic E-state index is 11.9. The van der Waals surface area contributed by atoms with Gasteiger partial charge in [-0.15, -0.1) is 0 Å². The van der Waals surface area contributed by atoms with Gasteiger partial charge in [0.15, 0.2) is 0 Å². The quantitative estimate of drug-likeness (QED) is 0.725. The molecule has 0 spiro atoms. The summed E-state index contributed by atoms with van der Waals surface area (Å²) < 4.78 is 0. The van der Waals surface area contributed by atoms with E-state index in [4.69, 9.17) is 5.11 Å². The van der Waals surface area contributed by atoms with Crippen LogP contribution < -0.4 is 0 Å². The van der Waals surface area contributed by atoms with Crippen molar-refractivity contribution in [1.29, 1.82) is 0 Å². The topological polar surface area (TPSA) is 69.2 Å². The monoisotopic (exact) mass is 217 g/mol. The van der Waals surface area contributed by atoms with Crippen LogP contribution in [0.4, 0.5) is 0 Å². The molecule has 1 saturated heterocycles. The van der Waals surface area contributed by atoms with Crippen LogP contribution in [-0.4, -0.2) is 45.3 Å². The molecule has 0 unspecified atom stereocenters. The zero-order valence-corrected chi connectivity index (χ0v) is 8.55. The Kier molecular flexibility index (Phi) is 1.94. The van der Waals surface area contributed by atoms with E-state index in [0.29, 0.717) is 18.7 Å². The molecule has 0 aliphatic carbocycles. The number of aliphatic hydroxyl groups is 1. The lowest BCUT2D eigenvalue weighted by Gasteiger charge is -2.35. The average Bonchev–Trinajstić information content (AvgIpc) is 2.70. The van der Waals surface area contributed by atoms with E-state index in [0.717, 1.165) is 10.9 Å². The Bertz CT molecular complexity index is 543. The van der Waals surface area contributed by atoms with Crippen molar-refractivity contribution in [2.24, 2.45) is 0 Å². The SMILES string of the molecule is O=C(c1ccc2cn[nH]c2c1)N1CC(O)C1. The molecule has 1 fully saturated rings. The third-order valence-electron chi connectivity index (χ3n) is 2.84. The Morgan fingerprint density at radius 1 is 1.50 bits per heavy atom. The van der Waals surface area contributed by atoms with Crippen molar-refractivity contribution in [3.8, 4) is 0 Å². The summed E-state index contributed by atoms with van der Waals surface area (Å²) >= 11 is 0. The third-order valence-corrected chi connectivity index (χ3v) is 2.84. The summed E-state index contributed by atoms with van der Waals surface area (Å²) in [6, 6.07) is 5.43.